The molecule has 1 aromatic heterocycles. The van der Waals surface area contributed by atoms with Crippen LogP contribution in [0.2, 0.25) is 0 Å². The van der Waals surface area contributed by atoms with E-state index in [-0.39, 0.29) is 11.5 Å². The molecule has 0 saturated heterocycles. The van der Waals surface area contributed by atoms with Gasteiger partial charge in [-0.2, -0.15) is 0 Å². The molecule has 0 unspecified atom stereocenters. The fourth-order valence-corrected chi connectivity index (χ4v) is 3.65. The third-order valence-electron chi connectivity index (χ3n) is 3.73. The second-order valence-corrected chi connectivity index (χ2v) is 8.46. The SMILES string of the molecule is Cc1ccc(C)c(CS(=O)(=O)NC(=O)c2oc(CC(C)C)nc2C)c1. The molecule has 7 heteroatoms. The van der Waals surface area contributed by atoms with Gasteiger partial charge < -0.3 is 4.42 Å². The fourth-order valence-electron chi connectivity index (χ4n) is 2.48. The van der Waals surface area contributed by atoms with E-state index in [0.717, 1.165) is 11.1 Å². The molecule has 0 bridgehead atoms. The molecular formula is C18H24N2O4S. The van der Waals surface area contributed by atoms with Crippen molar-refractivity contribution < 1.29 is 17.6 Å². The van der Waals surface area contributed by atoms with Gasteiger partial charge >= 0.3 is 5.91 Å². The van der Waals surface area contributed by atoms with Crippen molar-refractivity contribution >= 4 is 15.9 Å². The van der Waals surface area contributed by atoms with E-state index in [0.29, 0.717) is 29.5 Å². The van der Waals surface area contributed by atoms with Gasteiger partial charge in [0.2, 0.25) is 15.8 Å². The van der Waals surface area contributed by atoms with E-state index in [9.17, 15) is 13.2 Å². The van der Waals surface area contributed by atoms with Crippen LogP contribution in [0.4, 0.5) is 0 Å². The second-order valence-electron chi connectivity index (χ2n) is 6.74. The Balaban J connectivity index is 2.16. The van der Waals surface area contributed by atoms with Gasteiger partial charge in [0.25, 0.3) is 0 Å². The van der Waals surface area contributed by atoms with Crippen LogP contribution in [0.3, 0.4) is 0 Å². The summed E-state index contributed by atoms with van der Waals surface area (Å²) in [7, 11) is -3.84. The predicted octanol–water partition coefficient (Wildman–Crippen LogP) is 3.06. The van der Waals surface area contributed by atoms with Crippen LogP contribution in [0.5, 0.6) is 0 Å². The first-order chi connectivity index (χ1) is 11.6. The number of carbonyl (C=O) groups excluding carboxylic acids is 1. The summed E-state index contributed by atoms with van der Waals surface area (Å²) in [6, 6.07) is 5.58. The van der Waals surface area contributed by atoms with Crippen molar-refractivity contribution in [2.45, 2.75) is 46.8 Å². The summed E-state index contributed by atoms with van der Waals surface area (Å²) in [6.45, 7) is 9.37. The number of amides is 1. The molecule has 0 aliphatic heterocycles. The van der Waals surface area contributed by atoms with Crippen molar-refractivity contribution in [1.29, 1.82) is 0 Å². The van der Waals surface area contributed by atoms with E-state index in [4.69, 9.17) is 4.42 Å². The topological polar surface area (TPSA) is 89.3 Å². The average Bonchev–Trinajstić information content (AvgIpc) is 2.82. The number of aromatic nitrogens is 1. The molecule has 0 atom stereocenters. The zero-order chi connectivity index (χ0) is 18.8. The van der Waals surface area contributed by atoms with Gasteiger partial charge in [-0.15, -0.1) is 0 Å². The van der Waals surface area contributed by atoms with Gasteiger partial charge in [-0.3, -0.25) is 4.79 Å². The van der Waals surface area contributed by atoms with Crippen molar-refractivity contribution in [1.82, 2.24) is 9.71 Å². The van der Waals surface area contributed by atoms with Gasteiger partial charge in [0, 0.05) is 6.42 Å². The number of aryl methyl sites for hydroxylation is 3. The Bertz CT molecular complexity index is 882. The average molecular weight is 364 g/mol. The van der Waals surface area contributed by atoms with Crippen molar-refractivity contribution in [2.24, 2.45) is 5.92 Å². The van der Waals surface area contributed by atoms with Crippen LogP contribution in [0, 0.1) is 26.7 Å². The maximum atomic E-state index is 12.3. The summed E-state index contributed by atoms with van der Waals surface area (Å²) in [5.41, 5.74) is 2.87. The third-order valence-corrected chi connectivity index (χ3v) is 4.92. The highest BCUT2D eigenvalue weighted by Gasteiger charge is 2.23. The summed E-state index contributed by atoms with van der Waals surface area (Å²) in [5.74, 6) is -0.352. The quantitative estimate of drug-likeness (QED) is 0.851. The molecule has 2 rings (SSSR count). The maximum absolute atomic E-state index is 12.3. The highest BCUT2D eigenvalue weighted by molar-refractivity contribution is 7.89. The number of hydrogen-bond acceptors (Lipinski definition) is 5. The van der Waals surface area contributed by atoms with E-state index in [2.05, 4.69) is 9.71 Å². The minimum absolute atomic E-state index is 0.0554. The molecule has 0 aliphatic rings. The molecule has 0 saturated carbocycles. The van der Waals surface area contributed by atoms with E-state index in [1.807, 2.05) is 39.8 Å². The number of rotatable bonds is 6. The van der Waals surface area contributed by atoms with Gasteiger partial charge in [-0.05, 0) is 37.8 Å². The zero-order valence-corrected chi connectivity index (χ0v) is 16.0. The standard InChI is InChI=1S/C18H24N2O4S/c1-11(2)8-16-19-14(5)17(24-16)18(21)20-25(22,23)10-15-9-12(3)6-7-13(15)4/h6-7,9,11H,8,10H2,1-5H3,(H,20,21). The number of benzene rings is 1. The van der Waals surface area contributed by atoms with Crippen LogP contribution >= 0.6 is 0 Å². The largest absolute Gasteiger partial charge is 0.435 e. The summed E-state index contributed by atoms with van der Waals surface area (Å²) in [5, 5.41) is 0. The van der Waals surface area contributed by atoms with Gasteiger partial charge in [0.05, 0.1) is 11.4 Å². The number of sulfonamides is 1. The number of nitrogens with one attached hydrogen (secondary N) is 1. The second kappa shape index (κ2) is 7.39. The highest BCUT2D eigenvalue weighted by Crippen LogP contribution is 2.16. The van der Waals surface area contributed by atoms with Crippen LogP contribution in [0.15, 0.2) is 22.6 Å². The molecule has 0 aliphatic carbocycles. The minimum atomic E-state index is -3.84. The van der Waals surface area contributed by atoms with Crippen LogP contribution in [-0.4, -0.2) is 19.3 Å². The predicted molar refractivity (Wildman–Crippen MR) is 95.8 cm³/mol. The summed E-state index contributed by atoms with van der Waals surface area (Å²) in [6.07, 6.45) is 0.587. The van der Waals surface area contributed by atoms with E-state index >= 15 is 0 Å². The first kappa shape index (κ1) is 19.2. The Kier molecular flexibility index (Phi) is 5.67. The molecule has 2 aromatic rings. The first-order valence-electron chi connectivity index (χ1n) is 8.14. The van der Waals surface area contributed by atoms with E-state index in [1.54, 1.807) is 13.0 Å². The Morgan fingerprint density at radius 2 is 1.92 bits per heavy atom. The summed E-state index contributed by atoms with van der Waals surface area (Å²) >= 11 is 0. The first-order valence-corrected chi connectivity index (χ1v) is 9.80. The van der Waals surface area contributed by atoms with Gasteiger partial charge in [0.15, 0.2) is 5.89 Å². The third kappa shape index (κ3) is 5.16. The van der Waals surface area contributed by atoms with Gasteiger partial charge in [0.1, 0.15) is 0 Å². The van der Waals surface area contributed by atoms with Crippen LogP contribution in [0.1, 0.15) is 52.7 Å². The molecule has 0 radical (unpaired) electrons. The maximum Gasteiger partial charge on any atom is 0.302 e. The number of oxazole rings is 1. The fraction of sp³-hybridized carbons (Fsp3) is 0.444. The number of carbonyl (C=O) groups is 1. The molecular weight excluding hydrogens is 340 g/mol. The molecule has 1 heterocycles. The lowest BCUT2D eigenvalue weighted by Crippen LogP contribution is -2.32. The molecule has 136 valence electrons. The Morgan fingerprint density at radius 1 is 1.24 bits per heavy atom. The van der Waals surface area contributed by atoms with Crippen LogP contribution < -0.4 is 4.72 Å². The molecule has 0 spiro atoms. The minimum Gasteiger partial charge on any atom is -0.435 e. The highest BCUT2D eigenvalue weighted by atomic mass is 32.2. The zero-order valence-electron chi connectivity index (χ0n) is 15.2. The van der Waals surface area contributed by atoms with Crippen molar-refractivity contribution in [3.05, 3.63) is 52.2 Å². The van der Waals surface area contributed by atoms with E-state index in [1.165, 1.54) is 0 Å². The molecule has 1 aromatic carbocycles. The van der Waals surface area contributed by atoms with Crippen LogP contribution in [0.25, 0.3) is 0 Å². The molecule has 1 amide bonds. The number of hydrogen-bond donors (Lipinski definition) is 1. The number of nitrogens with zero attached hydrogens (tertiary/aromatic N) is 1. The molecule has 25 heavy (non-hydrogen) atoms. The van der Waals surface area contributed by atoms with Crippen LogP contribution in [-0.2, 0) is 22.2 Å². The summed E-state index contributed by atoms with van der Waals surface area (Å²) < 4.78 is 32.2. The van der Waals surface area contributed by atoms with E-state index < -0.39 is 15.9 Å². The van der Waals surface area contributed by atoms with Crippen molar-refractivity contribution in [3.63, 3.8) is 0 Å². The molecule has 0 fully saturated rings. The Morgan fingerprint density at radius 3 is 2.56 bits per heavy atom. The molecule has 6 nitrogen and oxygen atoms in total. The Hall–Kier alpha value is -2.15. The lowest BCUT2D eigenvalue weighted by molar-refractivity contribution is 0.0951. The summed E-state index contributed by atoms with van der Waals surface area (Å²) in [4.78, 5) is 16.5. The lowest BCUT2D eigenvalue weighted by atomic mass is 10.1. The monoisotopic (exact) mass is 364 g/mol. The smallest absolute Gasteiger partial charge is 0.302 e. The Labute approximate surface area is 148 Å². The van der Waals surface area contributed by atoms with Crippen molar-refractivity contribution in [2.75, 3.05) is 0 Å². The van der Waals surface area contributed by atoms with Crippen molar-refractivity contribution in [3.8, 4) is 0 Å². The molecule has 1 N–H and O–H groups in total. The van der Waals surface area contributed by atoms with Gasteiger partial charge in [-0.25, -0.2) is 18.1 Å². The lowest BCUT2D eigenvalue weighted by Gasteiger charge is -2.09. The van der Waals surface area contributed by atoms with Gasteiger partial charge in [-0.1, -0.05) is 37.6 Å². The normalized spacial score (nSPS) is 11.8.